The second-order valence-electron chi connectivity index (χ2n) is 9.96. The van der Waals surface area contributed by atoms with Gasteiger partial charge in [-0.3, -0.25) is 9.59 Å². The number of hydrogen-bond donors (Lipinski definition) is 3. The lowest BCUT2D eigenvalue weighted by molar-refractivity contribution is -0.132. The largest absolute Gasteiger partial charge is 0.361 e. The molecule has 5 heteroatoms. The van der Waals surface area contributed by atoms with Crippen LogP contribution in [0.1, 0.15) is 70.8 Å². The number of para-hydroxylation sites is 1. The van der Waals surface area contributed by atoms with E-state index < -0.39 is 6.04 Å². The minimum atomic E-state index is -0.541. The predicted molar refractivity (Wildman–Crippen MR) is 125 cm³/mol. The van der Waals surface area contributed by atoms with E-state index in [-0.39, 0.29) is 23.8 Å². The highest BCUT2D eigenvalue weighted by Crippen LogP contribution is 2.29. The van der Waals surface area contributed by atoms with Crippen LogP contribution in [0, 0.1) is 17.8 Å². The van der Waals surface area contributed by atoms with Gasteiger partial charge in [-0.1, -0.05) is 44.9 Å². The van der Waals surface area contributed by atoms with Gasteiger partial charge in [-0.15, -0.1) is 0 Å². The molecule has 31 heavy (non-hydrogen) atoms. The minimum Gasteiger partial charge on any atom is -0.361 e. The highest BCUT2D eigenvalue weighted by molar-refractivity contribution is 5.90. The van der Waals surface area contributed by atoms with Crippen molar-refractivity contribution in [3.05, 3.63) is 36.0 Å². The minimum absolute atomic E-state index is 0.0306. The summed E-state index contributed by atoms with van der Waals surface area (Å²) in [6.07, 6.45) is 11.1. The lowest BCUT2D eigenvalue weighted by Gasteiger charge is -2.32. The standard InChI is InChI=1S/C26H37N3O2/c1-17-11-13-19(14-12-17)25(30)29-24(26(31)28-22-9-5-3-7-18(22)2)15-20-16-27-23-10-6-4-8-21(20)23/h4,6,8,10,16-19,22,24,27H,3,5,7,9,11-15H2,1-2H3,(H,28,31)(H,29,30)/t17?,18-,19?,22-,24+/m0/s1. The fraction of sp³-hybridized carbons (Fsp3) is 0.615. The van der Waals surface area contributed by atoms with Crippen molar-refractivity contribution in [3.63, 3.8) is 0 Å². The van der Waals surface area contributed by atoms with Crippen LogP contribution in [0.15, 0.2) is 30.5 Å². The van der Waals surface area contributed by atoms with Crippen LogP contribution in [0.2, 0.25) is 0 Å². The molecular formula is C26H37N3O2. The number of rotatable bonds is 6. The fourth-order valence-corrected chi connectivity index (χ4v) is 5.36. The van der Waals surface area contributed by atoms with Crippen molar-refractivity contribution >= 4 is 22.7 Å². The molecule has 0 spiro atoms. The van der Waals surface area contributed by atoms with Gasteiger partial charge in [0.1, 0.15) is 6.04 Å². The van der Waals surface area contributed by atoms with E-state index in [9.17, 15) is 9.59 Å². The zero-order chi connectivity index (χ0) is 21.8. The molecular weight excluding hydrogens is 386 g/mol. The number of carbonyl (C=O) groups is 2. The second-order valence-corrected chi connectivity index (χ2v) is 9.96. The van der Waals surface area contributed by atoms with Gasteiger partial charge in [-0.2, -0.15) is 0 Å². The van der Waals surface area contributed by atoms with E-state index in [4.69, 9.17) is 0 Å². The van der Waals surface area contributed by atoms with Gasteiger partial charge in [0.25, 0.3) is 0 Å². The summed E-state index contributed by atoms with van der Waals surface area (Å²) in [6.45, 7) is 4.48. The van der Waals surface area contributed by atoms with Crippen LogP contribution in [0.25, 0.3) is 10.9 Å². The normalized spacial score (nSPS) is 27.5. The maximum atomic E-state index is 13.4. The molecule has 0 radical (unpaired) electrons. The third-order valence-electron chi connectivity index (χ3n) is 7.56. The number of fused-ring (bicyclic) bond motifs is 1. The highest BCUT2D eigenvalue weighted by atomic mass is 16.2. The molecule has 2 amide bonds. The third-order valence-corrected chi connectivity index (χ3v) is 7.56. The van der Waals surface area contributed by atoms with E-state index in [0.29, 0.717) is 18.3 Å². The van der Waals surface area contributed by atoms with Crippen LogP contribution in [0.3, 0.4) is 0 Å². The van der Waals surface area contributed by atoms with Crippen LogP contribution in [0.4, 0.5) is 0 Å². The first-order valence-corrected chi connectivity index (χ1v) is 12.2. The Bertz CT molecular complexity index is 897. The molecule has 168 valence electrons. The Morgan fingerprint density at radius 2 is 1.77 bits per heavy atom. The average Bonchev–Trinajstić information content (AvgIpc) is 3.18. The van der Waals surface area contributed by atoms with Crippen molar-refractivity contribution in [1.82, 2.24) is 15.6 Å². The Hall–Kier alpha value is -2.30. The summed E-state index contributed by atoms with van der Waals surface area (Å²) >= 11 is 0. The zero-order valence-corrected chi connectivity index (χ0v) is 19.0. The maximum Gasteiger partial charge on any atom is 0.243 e. The predicted octanol–water partition coefficient (Wildman–Crippen LogP) is 4.72. The van der Waals surface area contributed by atoms with Crippen molar-refractivity contribution in [1.29, 1.82) is 0 Å². The summed E-state index contributed by atoms with van der Waals surface area (Å²) in [5, 5.41) is 7.54. The quantitative estimate of drug-likeness (QED) is 0.629. The van der Waals surface area contributed by atoms with E-state index in [1.165, 1.54) is 6.42 Å². The number of hydrogen-bond acceptors (Lipinski definition) is 2. The Morgan fingerprint density at radius 3 is 2.55 bits per heavy atom. The van der Waals surface area contributed by atoms with Gasteiger partial charge < -0.3 is 15.6 Å². The van der Waals surface area contributed by atoms with Crippen LogP contribution < -0.4 is 10.6 Å². The molecule has 1 heterocycles. The summed E-state index contributed by atoms with van der Waals surface area (Å²) in [5.74, 6) is 1.22. The number of nitrogens with one attached hydrogen (secondary N) is 3. The number of aromatic amines is 1. The average molecular weight is 424 g/mol. The number of carbonyl (C=O) groups excluding carboxylic acids is 2. The van der Waals surface area contributed by atoms with Gasteiger partial charge in [0, 0.05) is 35.5 Å². The van der Waals surface area contributed by atoms with E-state index in [2.05, 4.69) is 35.5 Å². The second kappa shape index (κ2) is 9.88. The van der Waals surface area contributed by atoms with Gasteiger partial charge in [0.2, 0.25) is 11.8 Å². The summed E-state index contributed by atoms with van der Waals surface area (Å²) in [5.41, 5.74) is 2.13. The Kier molecular flexibility index (Phi) is 6.99. The molecule has 3 atom stereocenters. The van der Waals surface area contributed by atoms with Crippen LogP contribution in [-0.2, 0) is 16.0 Å². The lowest BCUT2D eigenvalue weighted by atomic mass is 9.82. The SMILES string of the molecule is CC1CCC(C(=O)N[C@H](Cc2c[nH]c3ccccc23)C(=O)N[C@H]2CCCC[C@@H]2C)CC1. The third kappa shape index (κ3) is 5.31. The number of benzene rings is 1. The van der Waals surface area contributed by atoms with Gasteiger partial charge in [0.05, 0.1) is 0 Å². The molecule has 0 saturated heterocycles. The van der Waals surface area contributed by atoms with Crippen LogP contribution in [-0.4, -0.2) is 28.9 Å². The molecule has 2 saturated carbocycles. The summed E-state index contributed by atoms with van der Waals surface area (Å²) in [7, 11) is 0. The molecule has 2 aliphatic rings. The molecule has 0 bridgehead atoms. The van der Waals surface area contributed by atoms with Crippen molar-refractivity contribution in [3.8, 4) is 0 Å². The summed E-state index contributed by atoms with van der Waals surface area (Å²) < 4.78 is 0. The first-order chi connectivity index (χ1) is 15.0. The van der Waals surface area contributed by atoms with E-state index >= 15 is 0 Å². The highest BCUT2D eigenvalue weighted by Gasteiger charge is 2.31. The molecule has 1 aromatic heterocycles. The summed E-state index contributed by atoms with van der Waals surface area (Å²) in [4.78, 5) is 29.7. The number of aromatic nitrogens is 1. The molecule has 0 unspecified atom stereocenters. The maximum absolute atomic E-state index is 13.4. The molecule has 2 aliphatic carbocycles. The van der Waals surface area contributed by atoms with Gasteiger partial charge in [-0.05, 0) is 62.0 Å². The van der Waals surface area contributed by atoms with Crippen LogP contribution >= 0.6 is 0 Å². The summed E-state index contributed by atoms with van der Waals surface area (Å²) in [6, 6.07) is 7.80. The van der Waals surface area contributed by atoms with Gasteiger partial charge in [0.15, 0.2) is 0 Å². The fourth-order valence-electron chi connectivity index (χ4n) is 5.36. The van der Waals surface area contributed by atoms with Crippen LogP contribution in [0.5, 0.6) is 0 Å². The van der Waals surface area contributed by atoms with Crippen molar-refractivity contribution in [2.75, 3.05) is 0 Å². The lowest BCUT2D eigenvalue weighted by Crippen LogP contribution is -2.53. The molecule has 4 rings (SSSR count). The van der Waals surface area contributed by atoms with E-state index in [0.717, 1.165) is 61.4 Å². The molecule has 2 aromatic rings. The molecule has 2 fully saturated rings. The first-order valence-electron chi connectivity index (χ1n) is 12.2. The molecule has 1 aromatic carbocycles. The number of amides is 2. The van der Waals surface area contributed by atoms with Crippen molar-refractivity contribution in [2.45, 2.75) is 83.7 Å². The molecule has 5 nitrogen and oxygen atoms in total. The smallest absolute Gasteiger partial charge is 0.243 e. The number of H-pyrrole nitrogens is 1. The van der Waals surface area contributed by atoms with Gasteiger partial charge in [-0.25, -0.2) is 0 Å². The van der Waals surface area contributed by atoms with Crippen molar-refractivity contribution in [2.24, 2.45) is 17.8 Å². The first kappa shape index (κ1) is 21.9. The Morgan fingerprint density at radius 1 is 1.03 bits per heavy atom. The van der Waals surface area contributed by atoms with Gasteiger partial charge >= 0.3 is 0 Å². The van der Waals surface area contributed by atoms with E-state index in [1.54, 1.807) is 0 Å². The van der Waals surface area contributed by atoms with Crippen molar-refractivity contribution < 1.29 is 9.59 Å². The monoisotopic (exact) mass is 423 g/mol. The van der Waals surface area contributed by atoms with E-state index in [1.807, 2.05) is 24.4 Å². The topological polar surface area (TPSA) is 74.0 Å². The zero-order valence-electron chi connectivity index (χ0n) is 19.0. The Balaban J connectivity index is 1.49. The molecule has 0 aliphatic heterocycles. The molecule has 3 N–H and O–H groups in total. The Labute approximate surface area is 185 Å².